The highest BCUT2D eigenvalue weighted by Crippen LogP contribution is 2.38. The number of carbonyl (C=O) groups is 1. The summed E-state index contributed by atoms with van der Waals surface area (Å²) in [5.41, 5.74) is 1.56. The normalized spacial score (nSPS) is 15.2. The molecule has 0 aliphatic carbocycles. The van der Waals surface area contributed by atoms with E-state index >= 15 is 0 Å². The molecule has 1 amide bonds. The molecule has 0 aliphatic heterocycles. The van der Waals surface area contributed by atoms with Crippen molar-refractivity contribution in [3.8, 4) is 0 Å². The standard InChI is InChI=1S/C26H33Cl2NO2/c1-5-13-26(4,25(31)29-24(17-30)18(2)3)16-21(20-7-6-8-23(28)15-20)14-19-9-11-22(27)12-10-19/h5-12,15,18,21,24,30H,1,13-14,16-17H2,2-4H3,(H,29,31)/t21-,24?,26+/m1/s1. The Labute approximate surface area is 196 Å². The zero-order valence-corrected chi connectivity index (χ0v) is 20.1. The topological polar surface area (TPSA) is 49.3 Å². The Morgan fingerprint density at radius 2 is 1.84 bits per heavy atom. The molecule has 5 heteroatoms. The number of halogens is 2. The molecular formula is C26H33Cl2NO2. The Balaban J connectivity index is 2.36. The summed E-state index contributed by atoms with van der Waals surface area (Å²) in [6, 6.07) is 15.4. The number of rotatable bonds is 11. The van der Waals surface area contributed by atoms with Gasteiger partial charge in [-0.15, -0.1) is 6.58 Å². The molecule has 2 N–H and O–H groups in total. The van der Waals surface area contributed by atoms with Gasteiger partial charge in [0.2, 0.25) is 5.91 Å². The van der Waals surface area contributed by atoms with Crippen molar-refractivity contribution in [1.29, 1.82) is 0 Å². The quantitative estimate of drug-likeness (QED) is 0.379. The third-order valence-electron chi connectivity index (χ3n) is 5.87. The van der Waals surface area contributed by atoms with Crippen LogP contribution in [0, 0.1) is 11.3 Å². The van der Waals surface area contributed by atoms with Crippen LogP contribution in [0.3, 0.4) is 0 Å². The lowest BCUT2D eigenvalue weighted by Gasteiger charge is -2.34. The van der Waals surface area contributed by atoms with E-state index in [9.17, 15) is 9.90 Å². The predicted octanol–water partition coefficient (Wildman–Crippen LogP) is 6.43. The van der Waals surface area contributed by atoms with Gasteiger partial charge in [-0.05, 0) is 66.5 Å². The average molecular weight is 462 g/mol. The maximum absolute atomic E-state index is 13.3. The molecule has 3 nitrogen and oxygen atoms in total. The van der Waals surface area contributed by atoms with E-state index in [1.807, 2.05) is 63.2 Å². The molecule has 31 heavy (non-hydrogen) atoms. The molecule has 2 rings (SSSR count). The number of nitrogens with one attached hydrogen (secondary N) is 1. The number of aliphatic hydroxyl groups excluding tert-OH is 1. The minimum atomic E-state index is -0.677. The largest absolute Gasteiger partial charge is 0.394 e. The van der Waals surface area contributed by atoms with Crippen LogP contribution in [0.4, 0.5) is 0 Å². The van der Waals surface area contributed by atoms with E-state index in [4.69, 9.17) is 23.2 Å². The van der Waals surface area contributed by atoms with Crippen molar-refractivity contribution in [2.75, 3.05) is 6.61 Å². The Bertz CT molecular complexity index is 866. The van der Waals surface area contributed by atoms with Crippen molar-refractivity contribution in [2.24, 2.45) is 11.3 Å². The van der Waals surface area contributed by atoms with Gasteiger partial charge in [0.05, 0.1) is 18.1 Å². The molecule has 0 fully saturated rings. The molecular weight excluding hydrogens is 429 g/mol. The van der Waals surface area contributed by atoms with Gasteiger partial charge in [-0.3, -0.25) is 4.79 Å². The first-order valence-corrected chi connectivity index (χ1v) is 11.5. The number of amides is 1. The number of carbonyl (C=O) groups excluding carboxylic acids is 1. The monoisotopic (exact) mass is 461 g/mol. The van der Waals surface area contributed by atoms with E-state index in [0.717, 1.165) is 17.5 Å². The Kier molecular flexibility index (Phi) is 9.61. The number of hydrogen-bond donors (Lipinski definition) is 2. The summed E-state index contributed by atoms with van der Waals surface area (Å²) in [4.78, 5) is 13.3. The second kappa shape index (κ2) is 11.7. The lowest BCUT2D eigenvalue weighted by Crippen LogP contribution is -2.48. The summed E-state index contributed by atoms with van der Waals surface area (Å²) < 4.78 is 0. The molecule has 1 unspecified atom stereocenters. The third-order valence-corrected chi connectivity index (χ3v) is 6.36. The third kappa shape index (κ3) is 7.38. The summed E-state index contributed by atoms with van der Waals surface area (Å²) in [7, 11) is 0. The fourth-order valence-corrected chi connectivity index (χ4v) is 4.19. The maximum atomic E-state index is 13.3. The van der Waals surface area contributed by atoms with Crippen molar-refractivity contribution in [3.05, 3.63) is 82.4 Å². The van der Waals surface area contributed by atoms with Crippen LogP contribution in [-0.2, 0) is 11.2 Å². The van der Waals surface area contributed by atoms with Crippen LogP contribution in [0.1, 0.15) is 50.7 Å². The van der Waals surface area contributed by atoms with Gasteiger partial charge in [0, 0.05) is 10.0 Å². The first-order chi connectivity index (χ1) is 14.7. The number of hydrogen-bond acceptors (Lipinski definition) is 2. The highest BCUT2D eigenvalue weighted by atomic mass is 35.5. The molecule has 0 aromatic heterocycles. The summed E-state index contributed by atoms with van der Waals surface area (Å²) in [6.45, 7) is 9.74. The molecule has 0 saturated carbocycles. The Morgan fingerprint density at radius 3 is 2.39 bits per heavy atom. The van der Waals surface area contributed by atoms with Gasteiger partial charge < -0.3 is 10.4 Å². The van der Waals surface area contributed by atoms with Crippen LogP contribution in [-0.4, -0.2) is 23.7 Å². The predicted molar refractivity (Wildman–Crippen MR) is 131 cm³/mol. The molecule has 0 radical (unpaired) electrons. The lowest BCUT2D eigenvalue weighted by molar-refractivity contribution is -0.132. The van der Waals surface area contributed by atoms with E-state index in [2.05, 4.69) is 18.0 Å². The second-order valence-electron chi connectivity index (χ2n) is 8.85. The van der Waals surface area contributed by atoms with Gasteiger partial charge in [-0.25, -0.2) is 0 Å². The summed E-state index contributed by atoms with van der Waals surface area (Å²) in [6.07, 6.45) is 3.70. The van der Waals surface area contributed by atoms with Crippen molar-refractivity contribution >= 4 is 29.1 Å². The number of aliphatic hydroxyl groups is 1. The van der Waals surface area contributed by atoms with E-state index in [0.29, 0.717) is 22.9 Å². The van der Waals surface area contributed by atoms with Crippen LogP contribution >= 0.6 is 23.2 Å². The second-order valence-corrected chi connectivity index (χ2v) is 9.72. The van der Waals surface area contributed by atoms with Gasteiger partial charge in [0.15, 0.2) is 0 Å². The Hall–Kier alpha value is -1.81. The minimum absolute atomic E-state index is 0.0664. The molecule has 0 aliphatic rings. The highest BCUT2D eigenvalue weighted by molar-refractivity contribution is 6.30. The summed E-state index contributed by atoms with van der Waals surface area (Å²) >= 11 is 12.4. The minimum Gasteiger partial charge on any atom is -0.394 e. The van der Waals surface area contributed by atoms with Gasteiger partial charge >= 0.3 is 0 Å². The summed E-state index contributed by atoms with van der Waals surface area (Å²) in [5.74, 6) is 0.144. The molecule has 168 valence electrons. The number of allylic oxidation sites excluding steroid dienone is 1. The van der Waals surface area contributed by atoms with Crippen LogP contribution in [0.25, 0.3) is 0 Å². The zero-order chi connectivity index (χ0) is 23.0. The van der Waals surface area contributed by atoms with E-state index in [1.54, 1.807) is 6.08 Å². The Morgan fingerprint density at radius 1 is 1.16 bits per heavy atom. The van der Waals surface area contributed by atoms with Crippen LogP contribution in [0.15, 0.2) is 61.2 Å². The molecule has 3 atom stereocenters. The van der Waals surface area contributed by atoms with E-state index in [-0.39, 0.29) is 30.4 Å². The fourth-order valence-electron chi connectivity index (χ4n) is 3.87. The molecule has 0 heterocycles. The van der Waals surface area contributed by atoms with Gasteiger partial charge in [0.1, 0.15) is 0 Å². The molecule has 2 aromatic carbocycles. The first kappa shape index (κ1) is 25.5. The van der Waals surface area contributed by atoms with Crippen molar-refractivity contribution < 1.29 is 9.90 Å². The molecule has 2 aromatic rings. The maximum Gasteiger partial charge on any atom is 0.226 e. The molecule has 0 spiro atoms. The van der Waals surface area contributed by atoms with Gasteiger partial charge in [-0.2, -0.15) is 0 Å². The van der Waals surface area contributed by atoms with E-state index < -0.39 is 5.41 Å². The molecule has 0 saturated heterocycles. The van der Waals surface area contributed by atoms with Gasteiger partial charge in [0.25, 0.3) is 0 Å². The smallest absolute Gasteiger partial charge is 0.226 e. The SMILES string of the molecule is C=CC[C@@](C)(C[C@@H](Cc1ccc(Cl)cc1)c1cccc(Cl)c1)C(=O)NC(CO)C(C)C. The fraction of sp³-hybridized carbons (Fsp3) is 0.423. The van der Waals surface area contributed by atoms with Crippen LogP contribution < -0.4 is 5.32 Å². The zero-order valence-electron chi connectivity index (χ0n) is 18.6. The summed E-state index contributed by atoms with van der Waals surface area (Å²) in [5, 5.41) is 14.1. The van der Waals surface area contributed by atoms with Crippen molar-refractivity contribution in [1.82, 2.24) is 5.32 Å². The van der Waals surface area contributed by atoms with Gasteiger partial charge in [-0.1, -0.05) is 74.3 Å². The van der Waals surface area contributed by atoms with Crippen molar-refractivity contribution in [2.45, 2.75) is 52.0 Å². The first-order valence-electron chi connectivity index (χ1n) is 10.7. The highest BCUT2D eigenvalue weighted by Gasteiger charge is 2.36. The lowest BCUT2D eigenvalue weighted by atomic mass is 9.73. The van der Waals surface area contributed by atoms with Crippen LogP contribution in [0.5, 0.6) is 0 Å². The number of benzene rings is 2. The van der Waals surface area contributed by atoms with E-state index in [1.165, 1.54) is 0 Å². The molecule has 0 bridgehead atoms. The average Bonchev–Trinajstić information content (AvgIpc) is 2.72. The van der Waals surface area contributed by atoms with Crippen molar-refractivity contribution in [3.63, 3.8) is 0 Å². The van der Waals surface area contributed by atoms with Crippen LogP contribution in [0.2, 0.25) is 10.0 Å².